The second-order valence-electron chi connectivity index (χ2n) is 4.65. The van der Waals surface area contributed by atoms with Crippen molar-refractivity contribution in [2.45, 2.75) is 18.9 Å². The number of aliphatic carboxylic acids is 2. The lowest BCUT2D eigenvalue weighted by Crippen LogP contribution is -2.34. The van der Waals surface area contributed by atoms with E-state index in [1.54, 1.807) is 12.2 Å². The summed E-state index contributed by atoms with van der Waals surface area (Å²) in [4.78, 5) is 21.7. The van der Waals surface area contributed by atoms with Crippen molar-refractivity contribution in [1.29, 1.82) is 0 Å². The Labute approximate surface area is 123 Å². The minimum atomic E-state index is -1.19. The smallest absolute Gasteiger partial charge is 0.320 e. The molecule has 0 saturated heterocycles. The quantitative estimate of drug-likeness (QED) is 0.637. The number of rotatable bonds is 8. The minimum Gasteiger partial charge on any atom is -0.481 e. The van der Waals surface area contributed by atoms with Crippen molar-refractivity contribution in [3.8, 4) is 0 Å². The summed E-state index contributed by atoms with van der Waals surface area (Å²) in [6.45, 7) is 0. The highest BCUT2D eigenvalue weighted by Gasteiger charge is 2.23. The molecule has 4 N–H and O–H groups in total. The summed E-state index contributed by atoms with van der Waals surface area (Å²) >= 11 is 0. The van der Waals surface area contributed by atoms with Crippen LogP contribution in [0.5, 0.6) is 0 Å². The summed E-state index contributed by atoms with van der Waals surface area (Å²) in [5.41, 5.74) is 6.41. The molecule has 112 valence electrons. The van der Waals surface area contributed by atoms with Crippen LogP contribution in [0.1, 0.15) is 18.4 Å². The molecule has 0 aliphatic carbocycles. The first-order valence-corrected chi connectivity index (χ1v) is 6.60. The molecule has 2 atom stereocenters. The number of allylic oxidation sites excluding steroid dienone is 3. The predicted molar refractivity (Wildman–Crippen MR) is 80.6 cm³/mol. The molecule has 0 radical (unpaired) electrons. The van der Waals surface area contributed by atoms with Gasteiger partial charge in [-0.2, -0.15) is 0 Å². The maximum absolute atomic E-state index is 11.0. The fraction of sp³-hybridized carbons (Fsp3) is 0.250. The summed E-state index contributed by atoms with van der Waals surface area (Å²) < 4.78 is 0. The van der Waals surface area contributed by atoms with Crippen molar-refractivity contribution in [3.05, 3.63) is 54.1 Å². The van der Waals surface area contributed by atoms with E-state index in [1.807, 2.05) is 42.5 Å². The SMILES string of the molecule is N[C@H](C[C@H](C/C=C/C=C/c1ccccc1)C(=O)O)C(=O)O. The lowest BCUT2D eigenvalue weighted by atomic mass is 9.97. The molecular weight excluding hydrogens is 270 g/mol. The van der Waals surface area contributed by atoms with Gasteiger partial charge in [0, 0.05) is 0 Å². The standard InChI is InChI=1S/C16H19NO4/c17-14(16(20)21)11-13(15(18)19)10-6-2-5-9-12-7-3-1-4-8-12/h1-9,13-14H,10-11,17H2,(H,18,19)(H,20,21)/b6-2+,9-5+/t13-,14+/m0/s1. The minimum absolute atomic E-state index is 0.0859. The summed E-state index contributed by atoms with van der Waals surface area (Å²) in [5, 5.41) is 17.7. The van der Waals surface area contributed by atoms with Crippen LogP contribution in [0.2, 0.25) is 0 Å². The van der Waals surface area contributed by atoms with E-state index in [9.17, 15) is 9.59 Å². The van der Waals surface area contributed by atoms with Crippen LogP contribution in [0.3, 0.4) is 0 Å². The summed E-state index contributed by atoms with van der Waals surface area (Å²) in [5.74, 6) is -3.02. The van der Waals surface area contributed by atoms with Gasteiger partial charge in [-0.05, 0) is 18.4 Å². The number of hydrogen-bond acceptors (Lipinski definition) is 3. The Morgan fingerprint density at radius 1 is 1.10 bits per heavy atom. The van der Waals surface area contributed by atoms with Gasteiger partial charge in [0.2, 0.25) is 0 Å². The largest absolute Gasteiger partial charge is 0.481 e. The van der Waals surface area contributed by atoms with Gasteiger partial charge in [0.1, 0.15) is 6.04 Å². The van der Waals surface area contributed by atoms with Gasteiger partial charge in [-0.3, -0.25) is 9.59 Å². The van der Waals surface area contributed by atoms with Crippen molar-refractivity contribution in [1.82, 2.24) is 0 Å². The van der Waals surface area contributed by atoms with Gasteiger partial charge < -0.3 is 15.9 Å². The van der Waals surface area contributed by atoms with Crippen LogP contribution in [-0.4, -0.2) is 28.2 Å². The molecule has 0 heterocycles. The van der Waals surface area contributed by atoms with Crippen LogP contribution in [-0.2, 0) is 9.59 Å². The Morgan fingerprint density at radius 2 is 1.76 bits per heavy atom. The molecule has 0 unspecified atom stereocenters. The Morgan fingerprint density at radius 3 is 2.33 bits per heavy atom. The lowest BCUT2D eigenvalue weighted by molar-refractivity contribution is -0.143. The van der Waals surface area contributed by atoms with Gasteiger partial charge in [-0.15, -0.1) is 0 Å². The van der Waals surface area contributed by atoms with E-state index in [1.165, 1.54) is 0 Å². The van der Waals surface area contributed by atoms with E-state index < -0.39 is 23.9 Å². The Bertz CT molecular complexity index is 522. The average molecular weight is 289 g/mol. The molecule has 21 heavy (non-hydrogen) atoms. The lowest BCUT2D eigenvalue weighted by Gasteiger charge is -2.12. The molecule has 0 bridgehead atoms. The molecule has 5 heteroatoms. The fourth-order valence-corrected chi connectivity index (χ4v) is 1.76. The topological polar surface area (TPSA) is 101 Å². The zero-order chi connectivity index (χ0) is 15.7. The number of nitrogens with two attached hydrogens (primary N) is 1. The van der Waals surface area contributed by atoms with Gasteiger partial charge in [0.05, 0.1) is 5.92 Å². The summed E-state index contributed by atoms with van der Waals surface area (Å²) in [6, 6.07) is 8.54. The zero-order valence-corrected chi connectivity index (χ0v) is 11.6. The van der Waals surface area contributed by atoms with Crippen LogP contribution in [0.4, 0.5) is 0 Å². The van der Waals surface area contributed by atoms with Crippen molar-refractivity contribution in [2.24, 2.45) is 11.7 Å². The Hall–Kier alpha value is -2.40. The molecule has 1 rings (SSSR count). The van der Waals surface area contributed by atoms with Crippen molar-refractivity contribution in [2.75, 3.05) is 0 Å². The van der Waals surface area contributed by atoms with E-state index in [0.717, 1.165) is 5.56 Å². The molecule has 0 fully saturated rings. The molecule has 0 spiro atoms. The van der Waals surface area contributed by atoms with E-state index in [2.05, 4.69) is 0 Å². The monoisotopic (exact) mass is 289 g/mol. The Kier molecular flexibility index (Phi) is 6.91. The molecule has 5 nitrogen and oxygen atoms in total. The number of benzene rings is 1. The second-order valence-corrected chi connectivity index (χ2v) is 4.65. The van der Waals surface area contributed by atoms with Crippen molar-refractivity contribution >= 4 is 18.0 Å². The summed E-state index contributed by atoms with van der Waals surface area (Å²) in [6.07, 6.45) is 7.31. The zero-order valence-electron chi connectivity index (χ0n) is 11.6. The van der Waals surface area contributed by atoms with E-state index in [0.29, 0.717) is 0 Å². The first-order chi connectivity index (χ1) is 10.0. The molecule has 0 aliphatic rings. The number of carboxylic acid groups (broad SMARTS) is 2. The maximum atomic E-state index is 11.0. The van der Waals surface area contributed by atoms with Crippen LogP contribution in [0.25, 0.3) is 6.08 Å². The molecule has 0 amide bonds. The maximum Gasteiger partial charge on any atom is 0.320 e. The third-order valence-electron chi connectivity index (χ3n) is 2.96. The van der Waals surface area contributed by atoms with Crippen LogP contribution >= 0.6 is 0 Å². The van der Waals surface area contributed by atoms with Crippen LogP contribution < -0.4 is 5.73 Å². The highest BCUT2D eigenvalue weighted by Crippen LogP contribution is 2.12. The van der Waals surface area contributed by atoms with Gasteiger partial charge in [-0.25, -0.2) is 0 Å². The average Bonchev–Trinajstić information content (AvgIpc) is 2.46. The van der Waals surface area contributed by atoms with Crippen molar-refractivity contribution in [3.63, 3.8) is 0 Å². The number of carbonyl (C=O) groups is 2. The Balaban J connectivity index is 2.49. The van der Waals surface area contributed by atoms with Gasteiger partial charge >= 0.3 is 11.9 Å². The van der Waals surface area contributed by atoms with E-state index in [4.69, 9.17) is 15.9 Å². The molecule has 0 saturated carbocycles. The molecule has 0 aliphatic heterocycles. The molecule has 1 aromatic rings. The fourth-order valence-electron chi connectivity index (χ4n) is 1.76. The first kappa shape index (κ1) is 16.7. The second kappa shape index (κ2) is 8.71. The third kappa shape index (κ3) is 6.54. The predicted octanol–water partition coefficient (Wildman–Crippen LogP) is 2.15. The highest BCUT2D eigenvalue weighted by molar-refractivity contribution is 5.75. The molecular formula is C16H19NO4. The molecule has 0 aromatic heterocycles. The number of hydrogen-bond donors (Lipinski definition) is 3. The first-order valence-electron chi connectivity index (χ1n) is 6.60. The highest BCUT2D eigenvalue weighted by atomic mass is 16.4. The van der Waals surface area contributed by atoms with Crippen molar-refractivity contribution < 1.29 is 19.8 Å². The number of carboxylic acids is 2. The molecule has 1 aromatic carbocycles. The normalized spacial score (nSPS) is 14.3. The van der Waals surface area contributed by atoms with Gasteiger partial charge in [-0.1, -0.05) is 54.6 Å². The van der Waals surface area contributed by atoms with Crippen LogP contribution in [0, 0.1) is 5.92 Å². The third-order valence-corrected chi connectivity index (χ3v) is 2.96. The van der Waals surface area contributed by atoms with E-state index in [-0.39, 0.29) is 12.8 Å². The van der Waals surface area contributed by atoms with Crippen LogP contribution in [0.15, 0.2) is 48.6 Å². The van der Waals surface area contributed by atoms with Gasteiger partial charge in [0.25, 0.3) is 0 Å². The van der Waals surface area contributed by atoms with Gasteiger partial charge in [0.15, 0.2) is 0 Å². The summed E-state index contributed by atoms with van der Waals surface area (Å²) in [7, 11) is 0. The van der Waals surface area contributed by atoms with E-state index >= 15 is 0 Å².